The molecule has 0 aromatic heterocycles. The van der Waals surface area contributed by atoms with Gasteiger partial charge in [-0.25, -0.2) is 0 Å². The summed E-state index contributed by atoms with van der Waals surface area (Å²) in [5.41, 5.74) is 5.88. The summed E-state index contributed by atoms with van der Waals surface area (Å²) in [7, 11) is 0. The smallest absolute Gasteiger partial charge is 0.249 e. The standard InChI is InChI=1S/C15H26N2O3/c1-10(6-8-18)14(20)17-7-5-11(15(2,3)4)9-12(17)13(16)19/h11-12,18H,1,5-9H2,2-4H3,(H2,16,19)/t11-,12+/m1/s1. The number of aliphatic hydroxyl groups is 1. The zero-order valence-electron chi connectivity index (χ0n) is 12.7. The van der Waals surface area contributed by atoms with Crippen LogP contribution in [0.4, 0.5) is 0 Å². The van der Waals surface area contributed by atoms with Crippen molar-refractivity contribution in [1.82, 2.24) is 4.90 Å². The van der Waals surface area contributed by atoms with Gasteiger partial charge in [0.1, 0.15) is 6.04 Å². The highest BCUT2D eigenvalue weighted by molar-refractivity contribution is 5.96. The lowest BCUT2D eigenvalue weighted by molar-refractivity contribution is -0.140. The van der Waals surface area contributed by atoms with Crippen molar-refractivity contribution in [3.8, 4) is 0 Å². The van der Waals surface area contributed by atoms with Gasteiger partial charge in [0.2, 0.25) is 11.8 Å². The van der Waals surface area contributed by atoms with E-state index in [1.165, 1.54) is 4.90 Å². The fourth-order valence-corrected chi connectivity index (χ4v) is 2.71. The fraction of sp³-hybridized carbons (Fsp3) is 0.733. The first-order valence-electron chi connectivity index (χ1n) is 7.07. The molecule has 0 bridgehead atoms. The fourth-order valence-electron chi connectivity index (χ4n) is 2.71. The van der Waals surface area contributed by atoms with Crippen LogP contribution in [-0.2, 0) is 9.59 Å². The third-order valence-corrected chi connectivity index (χ3v) is 4.13. The number of carbonyl (C=O) groups is 2. The SMILES string of the molecule is C=C(CCO)C(=O)N1CC[C@@H](C(C)(C)C)C[C@H]1C(N)=O. The lowest BCUT2D eigenvalue weighted by Crippen LogP contribution is -2.54. The molecule has 2 amide bonds. The van der Waals surface area contributed by atoms with Gasteiger partial charge in [0.05, 0.1) is 0 Å². The highest BCUT2D eigenvalue weighted by Gasteiger charge is 2.39. The first-order chi connectivity index (χ1) is 9.18. The second-order valence-corrected chi connectivity index (χ2v) is 6.58. The molecule has 1 saturated heterocycles. The molecule has 0 saturated carbocycles. The largest absolute Gasteiger partial charge is 0.396 e. The Balaban J connectivity index is 2.86. The summed E-state index contributed by atoms with van der Waals surface area (Å²) in [6, 6.07) is -0.573. The molecule has 3 N–H and O–H groups in total. The van der Waals surface area contributed by atoms with Gasteiger partial charge in [-0.05, 0) is 24.2 Å². The lowest BCUT2D eigenvalue weighted by atomic mass is 9.73. The number of nitrogens with zero attached hydrogens (tertiary/aromatic N) is 1. The molecule has 1 fully saturated rings. The summed E-state index contributed by atoms with van der Waals surface area (Å²) in [6.45, 7) is 10.5. The molecule has 0 aliphatic carbocycles. The summed E-state index contributed by atoms with van der Waals surface area (Å²) < 4.78 is 0. The van der Waals surface area contributed by atoms with Crippen molar-refractivity contribution in [2.45, 2.75) is 46.1 Å². The zero-order chi connectivity index (χ0) is 15.5. The summed E-state index contributed by atoms with van der Waals surface area (Å²) in [4.78, 5) is 25.5. The Morgan fingerprint density at radius 3 is 2.45 bits per heavy atom. The maximum Gasteiger partial charge on any atom is 0.249 e. The van der Waals surface area contributed by atoms with Crippen LogP contribution < -0.4 is 5.73 Å². The number of nitrogens with two attached hydrogens (primary N) is 1. The van der Waals surface area contributed by atoms with E-state index in [0.717, 1.165) is 6.42 Å². The third-order valence-electron chi connectivity index (χ3n) is 4.13. The Hall–Kier alpha value is -1.36. The van der Waals surface area contributed by atoms with E-state index < -0.39 is 11.9 Å². The molecule has 0 aromatic rings. The highest BCUT2D eigenvalue weighted by Crippen LogP contribution is 2.37. The van der Waals surface area contributed by atoms with E-state index in [1.54, 1.807) is 0 Å². The Morgan fingerprint density at radius 1 is 1.40 bits per heavy atom. The topological polar surface area (TPSA) is 83.6 Å². The highest BCUT2D eigenvalue weighted by atomic mass is 16.3. The molecule has 1 heterocycles. The number of amides is 2. The van der Waals surface area contributed by atoms with Crippen molar-refractivity contribution in [2.75, 3.05) is 13.2 Å². The molecule has 0 aromatic carbocycles. The van der Waals surface area contributed by atoms with Crippen LogP contribution in [0.1, 0.15) is 40.0 Å². The summed E-state index contributed by atoms with van der Waals surface area (Å²) in [6.07, 6.45) is 1.67. The number of carbonyl (C=O) groups excluding carboxylic acids is 2. The number of rotatable bonds is 4. The monoisotopic (exact) mass is 282 g/mol. The van der Waals surface area contributed by atoms with Crippen molar-refractivity contribution in [1.29, 1.82) is 0 Å². The van der Waals surface area contributed by atoms with Crippen molar-refractivity contribution in [3.63, 3.8) is 0 Å². The van der Waals surface area contributed by atoms with Crippen LogP contribution in [0.5, 0.6) is 0 Å². The molecule has 20 heavy (non-hydrogen) atoms. The van der Waals surface area contributed by atoms with Crippen molar-refractivity contribution in [3.05, 3.63) is 12.2 Å². The number of hydrogen-bond donors (Lipinski definition) is 2. The molecule has 2 atom stereocenters. The molecule has 5 nitrogen and oxygen atoms in total. The molecular weight excluding hydrogens is 256 g/mol. The van der Waals surface area contributed by atoms with Crippen LogP contribution in [0.15, 0.2) is 12.2 Å². The number of likely N-dealkylation sites (tertiary alicyclic amines) is 1. The molecule has 1 aliphatic heterocycles. The van der Waals surface area contributed by atoms with Gasteiger partial charge in [-0.3, -0.25) is 9.59 Å². The van der Waals surface area contributed by atoms with E-state index >= 15 is 0 Å². The first kappa shape index (κ1) is 16.7. The van der Waals surface area contributed by atoms with Gasteiger partial charge in [-0.2, -0.15) is 0 Å². The molecule has 1 aliphatic rings. The van der Waals surface area contributed by atoms with Crippen LogP contribution >= 0.6 is 0 Å². The minimum Gasteiger partial charge on any atom is -0.396 e. The van der Waals surface area contributed by atoms with Crippen molar-refractivity contribution < 1.29 is 14.7 Å². The molecular formula is C15H26N2O3. The maximum absolute atomic E-state index is 12.3. The average molecular weight is 282 g/mol. The minimum atomic E-state index is -0.573. The van der Waals surface area contributed by atoms with Gasteiger partial charge in [0.15, 0.2) is 0 Å². The Labute approximate surface area is 120 Å². The van der Waals surface area contributed by atoms with Crippen molar-refractivity contribution >= 4 is 11.8 Å². The molecule has 114 valence electrons. The van der Waals surface area contributed by atoms with E-state index in [9.17, 15) is 9.59 Å². The van der Waals surface area contributed by atoms with E-state index in [4.69, 9.17) is 10.8 Å². The molecule has 1 rings (SSSR count). The third kappa shape index (κ3) is 3.82. The van der Waals surface area contributed by atoms with Crippen molar-refractivity contribution in [2.24, 2.45) is 17.1 Å². The van der Waals surface area contributed by atoms with Crippen LogP contribution in [0.2, 0.25) is 0 Å². The minimum absolute atomic E-state index is 0.0882. The number of piperidine rings is 1. The number of primary amides is 1. The van der Waals surface area contributed by atoms with E-state index in [0.29, 0.717) is 24.5 Å². The molecule has 0 unspecified atom stereocenters. The Bertz CT molecular complexity index is 398. The number of aliphatic hydroxyl groups excluding tert-OH is 1. The Morgan fingerprint density at radius 2 is 2.00 bits per heavy atom. The van der Waals surface area contributed by atoms with Gasteiger partial charge in [0.25, 0.3) is 0 Å². The summed E-state index contributed by atoms with van der Waals surface area (Å²) >= 11 is 0. The van der Waals surface area contributed by atoms with Gasteiger partial charge < -0.3 is 15.7 Å². The van der Waals surface area contributed by atoms with Gasteiger partial charge in [0, 0.05) is 25.1 Å². The zero-order valence-corrected chi connectivity index (χ0v) is 12.7. The molecule has 5 heteroatoms. The Kier molecular flexibility index (Phi) is 5.34. The van der Waals surface area contributed by atoms with Crippen LogP contribution in [0.25, 0.3) is 0 Å². The van der Waals surface area contributed by atoms with E-state index in [-0.39, 0.29) is 24.3 Å². The normalized spacial score (nSPS) is 23.5. The van der Waals surface area contributed by atoms with Gasteiger partial charge >= 0.3 is 0 Å². The predicted molar refractivity (Wildman–Crippen MR) is 77.7 cm³/mol. The van der Waals surface area contributed by atoms with E-state index in [1.807, 2.05) is 0 Å². The van der Waals surface area contributed by atoms with Gasteiger partial charge in [-0.15, -0.1) is 0 Å². The second-order valence-electron chi connectivity index (χ2n) is 6.58. The first-order valence-corrected chi connectivity index (χ1v) is 7.07. The summed E-state index contributed by atoms with van der Waals surface area (Å²) in [5, 5.41) is 8.88. The maximum atomic E-state index is 12.3. The van der Waals surface area contributed by atoms with Crippen LogP contribution in [0.3, 0.4) is 0 Å². The lowest BCUT2D eigenvalue weighted by Gasteiger charge is -2.43. The van der Waals surface area contributed by atoms with Gasteiger partial charge in [-0.1, -0.05) is 27.4 Å². The van der Waals surface area contributed by atoms with E-state index in [2.05, 4.69) is 27.4 Å². The number of hydrogen-bond acceptors (Lipinski definition) is 3. The molecule has 0 spiro atoms. The quantitative estimate of drug-likeness (QED) is 0.756. The molecule has 0 radical (unpaired) electrons. The second kappa shape index (κ2) is 6.39. The average Bonchev–Trinajstić information content (AvgIpc) is 2.36. The predicted octanol–water partition coefficient (Wildman–Crippen LogP) is 1.06. The van der Waals surface area contributed by atoms with Crippen LogP contribution in [-0.4, -0.2) is 41.0 Å². The van der Waals surface area contributed by atoms with Crippen LogP contribution in [0, 0.1) is 11.3 Å². The summed E-state index contributed by atoms with van der Waals surface area (Å²) in [5.74, 6) is -0.380.